The highest BCUT2D eigenvalue weighted by Crippen LogP contribution is 2.20. The van der Waals surface area contributed by atoms with Gasteiger partial charge in [-0.1, -0.05) is 38.1 Å². The Labute approximate surface area is 127 Å². The molecule has 1 aromatic carbocycles. The lowest BCUT2D eigenvalue weighted by molar-refractivity contribution is 0.380. The number of aryl methyl sites for hydroxylation is 1. The molecule has 3 nitrogen and oxygen atoms in total. The molecule has 0 saturated heterocycles. The van der Waals surface area contributed by atoms with Crippen LogP contribution in [0.1, 0.15) is 62.6 Å². The molecule has 0 spiro atoms. The quantitative estimate of drug-likeness (QED) is 0.843. The maximum absolute atomic E-state index is 5.57. The Morgan fingerprint density at radius 2 is 1.71 bits per heavy atom. The fraction of sp³-hybridized carbons (Fsp3) is 0.500. The van der Waals surface area contributed by atoms with Gasteiger partial charge in [0.2, 0.25) is 5.89 Å². The number of aromatic nitrogens is 1. The van der Waals surface area contributed by atoms with Crippen molar-refractivity contribution in [3.8, 4) is 0 Å². The molecule has 2 aromatic rings. The lowest BCUT2D eigenvalue weighted by Gasteiger charge is -2.18. The topological polar surface area (TPSA) is 38.1 Å². The van der Waals surface area contributed by atoms with Gasteiger partial charge in [-0.05, 0) is 44.2 Å². The van der Waals surface area contributed by atoms with Gasteiger partial charge in [0.05, 0.1) is 12.2 Å². The van der Waals surface area contributed by atoms with Crippen molar-refractivity contribution in [1.82, 2.24) is 10.3 Å². The van der Waals surface area contributed by atoms with E-state index in [-0.39, 0.29) is 12.1 Å². The van der Waals surface area contributed by atoms with Crippen molar-refractivity contribution in [2.75, 3.05) is 0 Å². The molecule has 2 rings (SSSR count). The predicted octanol–water partition coefficient (Wildman–Crippen LogP) is 4.59. The maximum atomic E-state index is 5.57. The van der Waals surface area contributed by atoms with Crippen molar-refractivity contribution < 1.29 is 4.42 Å². The fourth-order valence-electron chi connectivity index (χ4n) is 2.53. The van der Waals surface area contributed by atoms with E-state index in [0.717, 1.165) is 18.1 Å². The predicted molar refractivity (Wildman–Crippen MR) is 86.2 cm³/mol. The average molecular weight is 286 g/mol. The number of nitrogens with one attached hydrogen (secondary N) is 1. The second-order valence-electron chi connectivity index (χ2n) is 6.26. The maximum Gasteiger partial charge on any atom is 0.211 e. The first kappa shape index (κ1) is 15.8. The van der Waals surface area contributed by atoms with E-state index in [1.165, 1.54) is 11.1 Å². The molecule has 2 unspecified atom stereocenters. The van der Waals surface area contributed by atoms with E-state index >= 15 is 0 Å². The molecule has 0 amide bonds. The summed E-state index contributed by atoms with van der Waals surface area (Å²) in [6.07, 6.45) is 2.90. The van der Waals surface area contributed by atoms with E-state index in [9.17, 15) is 0 Å². The van der Waals surface area contributed by atoms with Gasteiger partial charge in [-0.25, -0.2) is 4.98 Å². The molecule has 3 heteroatoms. The van der Waals surface area contributed by atoms with Crippen LogP contribution in [0.3, 0.4) is 0 Å². The second kappa shape index (κ2) is 6.90. The summed E-state index contributed by atoms with van der Waals surface area (Å²) in [6.45, 7) is 10.7. The zero-order valence-corrected chi connectivity index (χ0v) is 13.7. The molecule has 21 heavy (non-hydrogen) atoms. The van der Waals surface area contributed by atoms with Crippen molar-refractivity contribution in [3.63, 3.8) is 0 Å². The van der Waals surface area contributed by atoms with Crippen LogP contribution in [-0.2, 0) is 6.42 Å². The van der Waals surface area contributed by atoms with E-state index in [4.69, 9.17) is 4.42 Å². The summed E-state index contributed by atoms with van der Waals surface area (Å²) in [5.41, 5.74) is 2.69. The van der Waals surface area contributed by atoms with Gasteiger partial charge < -0.3 is 4.42 Å². The highest BCUT2D eigenvalue weighted by molar-refractivity contribution is 5.25. The third kappa shape index (κ3) is 4.43. The minimum absolute atomic E-state index is 0.101. The van der Waals surface area contributed by atoms with Gasteiger partial charge in [0, 0.05) is 6.04 Å². The number of hydrogen-bond acceptors (Lipinski definition) is 3. The minimum atomic E-state index is 0.101. The Hall–Kier alpha value is -1.61. The van der Waals surface area contributed by atoms with Crippen molar-refractivity contribution >= 4 is 0 Å². The number of hydrogen-bond donors (Lipinski definition) is 1. The third-order valence-electron chi connectivity index (χ3n) is 3.63. The number of oxazole rings is 1. The number of nitrogens with zero attached hydrogens (tertiary/aromatic N) is 1. The largest absolute Gasteiger partial charge is 0.444 e. The molecule has 0 radical (unpaired) electrons. The molecule has 1 aromatic heterocycles. The highest BCUT2D eigenvalue weighted by atomic mass is 16.4. The standard InChI is InChI=1S/C18H26N2O/c1-12(2)10-16-6-8-17(9-7-16)14(4)20-15(5)18-19-11-13(3)21-18/h6-9,11-12,14-15,20H,10H2,1-5H3. The summed E-state index contributed by atoms with van der Waals surface area (Å²) in [5, 5.41) is 3.53. The normalized spacial score (nSPS) is 14.4. The summed E-state index contributed by atoms with van der Waals surface area (Å²) in [5.74, 6) is 2.29. The van der Waals surface area contributed by atoms with E-state index in [1.54, 1.807) is 6.20 Å². The SMILES string of the molecule is Cc1cnc(C(C)NC(C)c2ccc(CC(C)C)cc2)o1. The molecule has 0 fully saturated rings. The number of rotatable bonds is 6. The van der Waals surface area contributed by atoms with Crippen molar-refractivity contribution in [1.29, 1.82) is 0 Å². The minimum Gasteiger partial charge on any atom is -0.444 e. The van der Waals surface area contributed by atoms with E-state index in [1.807, 2.05) is 6.92 Å². The van der Waals surface area contributed by atoms with Gasteiger partial charge in [0.15, 0.2) is 0 Å². The molecule has 2 atom stereocenters. The zero-order chi connectivity index (χ0) is 15.4. The first-order valence-corrected chi connectivity index (χ1v) is 7.73. The molecule has 0 aliphatic carbocycles. The summed E-state index contributed by atoms with van der Waals surface area (Å²) in [4.78, 5) is 4.28. The first-order valence-electron chi connectivity index (χ1n) is 7.73. The molecule has 1 heterocycles. The molecule has 1 N–H and O–H groups in total. The Morgan fingerprint density at radius 3 is 2.24 bits per heavy atom. The lowest BCUT2D eigenvalue weighted by Crippen LogP contribution is -2.22. The second-order valence-corrected chi connectivity index (χ2v) is 6.26. The van der Waals surface area contributed by atoms with Crippen LogP contribution >= 0.6 is 0 Å². The lowest BCUT2D eigenvalue weighted by atomic mass is 9.99. The fourth-order valence-corrected chi connectivity index (χ4v) is 2.53. The average Bonchev–Trinajstić information content (AvgIpc) is 2.85. The highest BCUT2D eigenvalue weighted by Gasteiger charge is 2.15. The summed E-state index contributed by atoms with van der Waals surface area (Å²) >= 11 is 0. The van der Waals surface area contributed by atoms with Gasteiger partial charge >= 0.3 is 0 Å². The molecule has 0 bridgehead atoms. The summed E-state index contributed by atoms with van der Waals surface area (Å²) in [7, 11) is 0. The zero-order valence-electron chi connectivity index (χ0n) is 13.7. The van der Waals surface area contributed by atoms with E-state index in [0.29, 0.717) is 5.92 Å². The van der Waals surface area contributed by atoms with Crippen molar-refractivity contribution in [3.05, 3.63) is 53.2 Å². The van der Waals surface area contributed by atoms with Crippen LogP contribution in [-0.4, -0.2) is 4.98 Å². The van der Waals surface area contributed by atoms with Crippen LogP contribution < -0.4 is 5.32 Å². The summed E-state index contributed by atoms with van der Waals surface area (Å²) < 4.78 is 5.57. The first-order chi connectivity index (χ1) is 9.95. The Balaban J connectivity index is 1.98. The monoisotopic (exact) mass is 286 g/mol. The Kier molecular flexibility index (Phi) is 5.18. The van der Waals surface area contributed by atoms with Gasteiger partial charge in [-0.2, -0.15) is 0 Å². The molecular weight excluding hydrogens is 260 g/mol. The van der Waals surface area contributed by atoms with Crippen LogP contribution in [0.25, 0.3) is 0 Å². The molecule has 0 aliphatic heterocycles. The Bertz CT molecular complexity index is 557. The molecular formula is C18H26N2O. The van der Waals surface area contributed by atoms with Crippen LogP contribution in [0.2, 0.25) is 0 Å². The summed E-state index contributed by atoms with van der Waals surface area (Å²) in [6, 6.07) is 9.25. The third-order valence-corrected chi connectivity index (χ3v) is 3.63. The smallest absolute Gasteiger partial charge is 0.211 e. The van der Waals surface area contributed by atoms with E-state index < -0.39 is 0 Å². The van der Waals surface area contributed by atoms with Gasteiger partial charge in [0.1, 0.15) is 5.76 Å². The van der Waals surface area contributed by atoms with Gasteiger partial charge in [0.25, 0.3) is 0 Å². The van der Waals surface area contributed by atoms with Gasteiger partial charge in [-0.3, -0.25) is 5.32 Å². The van der Waals surface area contributed by atoms with Crippen LogP contribution in [0.4, 0.5) is 0 Å². The van der Waals surface area contributed by atoms with Gasteiger partial charge in [-0.15, -0.1) is 0 Å². The molecule has 114 valence electrons. The van der Waals surface area contributed by atoms with Crippen molar-refractivity contribution in [2.24, 2.45) is 5.92 Å². The number of benzene rings is 1. The van der Waals surface area contributed by atoms with Crippen LogP contribution in [0.5, 0.6) is 0 Å². The van der Waals surface area contributed by atoms with Crippen LogP contribution in [0.15, 0.2) is 34.9 Å². The van der Waals surface area contributed by atoms with E-state index in [2.05, 4.69) is 62.3 Å². The van der Waals surface area contributed by atoms with Crippen LogP contribution in [0, 0.1) is 12.8 Å². The molecule has 0 aliphatic rings. The van der Waals surface area contributed by atoms with Crippen molar-refractivity contribution in [2.45, 2.75) is 53.1 Å². The Morgan fingerprint density at radius 1 is 1.05 bits per heavy atom. The molecule has 0 saturated carbocycles.